The smallest absolute Gasteiger partial charge is 0.248 e. The van der Waals surface area contributed by atoms with Crippen LogP contribution < -0.4 is 5.32 Å². The number of rotatable bonds is 3. The van der Waals surface area contributed by atoms with Crippen LogP contribution in [0.4, 0.5) is 8.78 Å². The highest BCUT2D eigenvalue weighted by Gasteiger charge is 2.46. The van der Waals surface area contributed by atoms with Crippen molar-refractivity contribution in [2.24, 2.45) is 5.41 Å². The second-order valence-corrected chi connectivity index (χ2v) is 8.51. The van der Waals surface area contributed by atoms with Gasteiger partial charge in [0.15, 0.2) is 0 Å². The number of nitrogens with one attached hydrogen (secondary N) is 1. The Morgan fingerprint density at radius 3 is 2.20 bits per heavy atom. The van der Waals surface area contributed by atoms with Gasteiger partial charge in [-0.25, -0.2) is 8.78 Å². The Morgan fingerprint density at radius 1 is 1.16 bits per heavy atom. The number of nitrogens with zero attached hydrogens (tertiary/aromatic N) is 2. The van der Waals surface area contributed by atoms with E-state index in [9.17, 15) is 18.4 Å². The lowest BCUT2D eigenvalue weighted by atomic mass is 9.86. The van der Waals surface area contributed by atoms with Gasteiger partial charge in [-0.15, -0.1) is 0 Å². The lowest BCUT2D eigenvalue weighted by Crippen LogP contribution is -2.53. The highest BCUT2D eigenvalue weighted by Crippen LogP contribution is 2.38. The lowest BCUT2D eigenvalue weighted by molar-refractivity contribution is -0.148. The predicted molar refractivity (Wildman–Crippen MR) is 92.4 cm³/mol. The molecule has 2 rings (SSSR count). The van der Waals surface area contributed by atoms with E-state index in [1.807, 2.05) is 37.6 Å². The summed E-state index contributed by atoms with van der Waals surface area (Å²) in [5.74, 6) is -2.70. The molecule has 0 spiro atoms. The first kappa shape index (κ1) is 20.1. The van der Waals surface area contributed by atoms with Gasteiger partial charge in [0.25, 0.3) is 0 Å². The number of likely N-dealkylation sites (N-methyl/N-ethyl adjacent to an activating group) is 2. The van der Waals surface area contributed by atoms with Crippen LogP contribution in [-0.4, -0.2) is 66.3 Å². The van der Waals surface area contributed by atoms with E-state index in [-0.39, 0.29) is 42.8 Å². The summed E-state index contributed by atoms with van der Waals surface area (Å²) in [7, 11) is 3.47. The number of likely N-dealkylation sites (tertiary alicyclic amines) is 1. The maximum atomic E-state index is 13.6. The molecule has 144 valence electrons. The average Bonchev–Trinajstić information content (AvgIpc) is 2.89. The van der Waals surface area contributed by atoms with E-state index in [4.69, 9.17) is 0 Å². The third kappa shape index (κ3) is 4.49. The summed E-state index contributed by atoms with van der Waals surface area (Å²) in [5.41, 5.74) is -0.580. The normalized spacial score (nSPS) is 28.0. The SMILES string of the molecule is CNC(=O)[C@@H]1C[C@H](N(C(=O)C(C)(C)C)C2CCC(F)(F)CC2)CN1C. The maximum absolute atomic E-state index is 13.6. The summed E-state index contributed by atoms with van der Waals surface area (Å²) >= 11 is 0. The van der Waals surface area contributed by atoms with Crippen LogP contribution in [0, 0.1) is 5.41 Å². The van der Waals surface area contributed by atoms with E-state index in [0.717, 1.165) is 0 Å². The zero-order chi connectivity index (χ0) is 19.0. The minimum absolute atomic E-state index is 0.0151. The van der Waals surface area contributed by atoms with E-state index >= 15 is 0 Å². The molecule has 2 aliphatic rings. The van der Waals surface area contributed by atoms with E-state index in [1.54, 1.807) is 7.05 Å². The van der Waals surface area contributed by atoms with Gasteiger partial charge in [0.2, 0.25) is 17.7 Å². The van der Waals surface area contributed by atoms with E-state index < -0.39 is 11.3 Å². The molecule has 5 nitrogen and oxygen atoms in total. The molecular weight excluding hydrogens is 328 g/mol. The Hall–Kier alpha value is -1.24. The Balaban J connectivity index is 2.21. The monoisotopic (exact) mass is 359 g/mol. The van der Waals surface area contributed by atoms with Gasteiger partial charge >= 0.3 is 0 Å². The summed E-state index contributed by atoms with van der Waals surface area (Å²) in [6.45, 7) is 6.16. The minimum Gasteiger partial charge on any atom is -0.358 e. The van der Waals surface area contributed by atoms with Gasteiger partial charge in [0.1, 0.15) is 0 Å². The number of halogens is 2. The first-order valence-corrected chi connectivity index (χ1v) is 9.08. The van der Waals surface area contributed by atoms with Crippen molar-refractivity contribution >= 4 is 11.8 Å². The summed E-state index contributed by atoms with van der Waals surface area (Å²) in [6, 6.07) is -0.570. The van der Waals surface area contributed by atoms with Crippen LogP contribution >= 0.6 is 0 Å². The molecule has 1 heterocycles. The molecule has 0 unspecified atom stereocenters. The van der Waals surface area contributed by atoms with Crippen LogP contribution in [0.3, 0.4) is 0 Å². The van der Waals surface area contributed by atoms with Gasteiger partial charge in [0, 0.05) is 43.9 Å². The van der Waals surface area contributed by atoms with E-state index in [1.165, 1.54) is 0 Å². The highest BCUT2D eigenvalue weighted by molar-refractivity contribution is 5.84. The molecule has 1 saturated heterocycles. The quantitative estimate of drug-likeness (QED) is 0.841. The van der Waals surface area contributed by atoms with Gasteiger partial charge in [0.05, 0.1) is 6.04 Å². The van der Waals surface area contributed by atoms with Crippen LogP contribution in [-0.2, 0) is 9.59 Å². The van der Waals surface area contributed by atoms with Crippen molar-refractivity contribution in [3.05, 3.63) is 0 Å². The zero-order valence-corrected chi connectivity index (χ0v) is 15.9. The first-order chi connectivity index (χ1) is 11.5. The van der Waals surface area contributed by atoms with Crippen molar-refractivity contribution in [3.8, 4) is 0 Å². The maximum Gasteiger partial charge on any atom is 0.248 e. The average molecular weight is 359 g/mol. The first-order valence-electron chi connectivity index (χ1n) is 9.08. The molecule has 25 heavy (non-hydrogen) atoms. The summed E-state index contributed by atoms with van der Waals surface area (Å²) in [4.78, 5) is 28.9. The van der Waals surface area contributed by atoms with Crippen molar-refractivity contribution in [1.29, 1.82) is 0 Å². The number of alkyl halides is 2. The number of hydrogen-bond acceptors (Lipinski definition) is 3. The van der Waals surface area contributed by atoms with Crippen molar-refractivity contribution in [1.82, 2.24) is 15.1 Å². The zero-order valence-electron chi connectivity index (χ0n) is 15.9. The van der Waals surface area contributed by atoms with Crippen molar-refractivity contribution in [2.45, 2.75) is 76.9 Å². The van der Waals surface area contributed by atoms with Crippen molar-refractivity contribution < 1.29 is 18.4 Å². The number of carbonyl (C=O) groups is 2. The second-order valence-electron chi connectivity index (χ2n) is 8.51. The molecular formula is C18H31F2N3O2. The molecule has 7 heteroatoms. The second kappa shape index (κ2) is 7.17. The van der Waals surface area contributed by atoms with Crippen LogP contribution in [0.2, 0.25) is 0 Å². The van der Waals surface area contributed by atoms with Crippen LogP contribution in [0.1, 0.15) is 52.9 Å². The molecule has 0 bridgehead atoms. The fraction of sp³-hybridized carbons (Fsp3) is 0.889. The predicted octanol–water partition coefficient (Wildman–Crippen LogP) is 2.26. The van der Waals surface area contributed by atoms with Gasteiger partial charge < -0.3 is 10.2 Å². The summed E-state index contributed by atoms with van der Waals surface area (Å²) < 4.78 is 27.1. The lowest BCUT2D eigenvalue weighted by Gasteiger charge is -2.43. The third-order valence-electron chi connectivity index (χ3n) is 5.42. The van der Waals surface area contributed by atoms with Crippen LogP contribution in [0.15, 0.2) is 0 Å². The van der Waals surface area contributed by atoms with Gasteiger partial charge in [-0.05, 0) is 26.3 Å². The fourth-order valence-corrected chi connectivity index (χ4v) is 3.97. The fourth-order valence-electron chi connectivity index (χ4n) is 3.97. The topological polar surface area (TPSA) is 52.7 Å². The Morgan fingerprint density at radius 2 is 1.72 bits per heavy atom. The largest absolute Gasteiger partial charge is 0.358 e. The van der Waals surface area contributed by atoms with E-state index in [2.05, 4.69) is 5.32 Å². The molecule has 2 atom stereocenters. The molecule has 0 aromatic rings. The number of hydrogen-bond donors (Lipinski definition) is 1. The standard InChI is InChI=1S/C18H31F2N3O2/c1-17(2,3)16(25)23(12-6-8-18(19,20)9-7-12)13-10-14(15(24)21-4)22(5)11-13/h12-14H,6-11H2,1-5H3,(H,21,24)/t13-,14-/m0/s1. The van der Waals surface area contributed by atoms with Crippen LogP contribution in [0.5, 0.6) is 0 Å². The summed E-state index contributed by atoms with van der Waals surface area (Å²) in [5, 5.41) is 2.66. The molecule has 2 amide bonds. The molecule has 0 aromatic heterocycles. The minimum atomic E-state index is -2.62. The molecule has 0 radical (unpaired) electrons. The Kier molecular flexibility index (Phi) is 5.76. The number of amides is 2. The third-order valence-corrected chi connectivity index (χ3v) is 5.42. The molecule has 1 saturated carbocycles. The van der Waals surface area contributed by atoms with Gasteiger partial charge in [-0.3, -0.25) is 14.5 Å². The van der Waals surface area contributed by atoms with Crippen molar-refractivity contribution in [2.75, 3.05) is 20.6 Å². The highest BCUT2D eigenvalue weighted by atomic mass is 19.3. The Bertz CT molecular complexity index is 509. The van der Waals surface area contributed by atoms with Crippen LogP contribution in [0.25, 0.3) is 0 Å². The summed E-state index contributed by atoms with van der Waals surface area (Å²) in [6.07, 6.45) is 0.838. The van der Waals surface area contributed by atoms with E-state index in [0.29, 0.717) is 25.8 Å². The molecule has 0 aromatic carbocycles. The van der Waals surface area contributed by atoms with Gasteiger partial charge in [-0.2, -0.15) is 0 Å². The number of carbonyl (C=O) groups excluding carboxylic acids is 2. The van der Waals surface area contributed by atoms with Gasteiger partial charge in [-0.1, -0.05) is 20.8 Å². The molecule has 1 aliphatic heterocycles. The molecule has 1 aliphatic carbocycles. The molecule has 1 N–H and O–H groups in total. The Labute approximate surface area is 149 Å². The molecule has 2 fully saturated rings. The van der Waals surface area contributed by atoms with Crippen molar-refractivity contribution in [3.63, 3.8) is 0 Å².